The van der Waals surface area contributed by atoms with Crippen LogP contribution in [0, 0.1) is 50.2 Å². The number of carboxylic acid groups (broad SMARTS) is 3. The van der Waals surface area contributed by atoms with E-state index in [-0.39, 0.29) is 34.4 Å². The number of aliphatic hydroxyl groups is 5. The standard InChI is InChI=1S/C42H62O16/c1-37(2)21-8-11-42(7)31(20(43)16-18-19-17-39(4,36(53)54)13-12-38(19,3)14-15-41(18,42)6)40(21,5)10-9-22(37)55-35-30(26(47)25(46)29(57-35)33(51)52)58-34-27(48)23(44)24(45)28(56-34)32(49)50/h16,19,21-31,34-35,44-48H,8-15,17H2,1-7H3,(H,49,50)(H,51,52)(H,53,54)/t19?,21?,22-,23-,24-,25-,26-,27+,28-,29-,30+,31?,34-,35+,38+,39+,40-,41?,42+/m0/s1. The van der Waals surface area contributed by atoms with Crippen LogP contribution in [-0.2, 0) is 38.1 Å². The van der Waals surface area contributed by atoms with Crippen LogP contribution in [0.5, 0.6) is 0 Å². The van der Waals surface area contributed by atoms with Gasteiger partial charge < -0.3 is 59.8 Å². The van der Waals surface area contributed by atoms with Crippen LogP contribution >= 0.6 is 0 Å². The third kappa shape index (κ3) is 6.25. The number of ether oxygens (including phenoxy) is 4. The van der Waals surface area contributed by atoms with Crippen LogP contribution < -0.4 is 0 Å². The fourth-order valence-corrected chi connectivity index (χ4v) is 13.4. The summed E-state index contributed by atoms with van der Waals surface area (Å²) in [5, 5.41) is 83.0. The number of carbonyl (C=O) groups is 4. The van der Waals surface area contributed by atoms with Crippen molar-refractivity contribution in [3.8, 4) is 0 Å². The van der Waals surface area contributed by atoms with Crippen LogP contribution in [0.1, 0.15) is 106 Å². The summed E-state index contributed by atoms with van der Waals surface area (Å²) in [6, 6.07) is 0. The van der Waals surface area contributed by atoms with Crippen molar-refractivity contribution in [3.05, 3.63) is 11.6 Å². The van der Waals surface area contributed by atoms with E-state index in [1.54, 1.807) is 0 Å². The van der Waals surface area contributed by atoms with E-state index in [0.29, 0.717) is 25.7 Å². The Bertz CT molecular complexity index is 1730. The van der Waals surface area contributed by atoms with E-state index in [1.807, 2.05) is 26.8 Å². The van der Waals surface area contributed by atoms with Crippen molar-refractivity contribution >= 4 is 23.7 Å². The molecule has 19 atom stereocenters. The van der Waals surface area contributed by atoms with Gasteiger partial charge in [0.25, 0.3) is 0 Å². The van der Waals surface area contributed by atoms with E-state index in [1.165, 1.54) is 0 Å². The molecule has 7 aliphatic rings. The van der Waals surface area contributed by atoms with E-state index >= 15 is 0 Å². The highest BCUT2D eigenvalue weighted by Crippen LogP contribution is 2.75. The highest BCUT2D eigenvalue weighted by Gasteiger charge is 2.71. The summed E-state index contributed by atoms with van der Waals surface area (Å²) in [5.74, 6) is -4.47. The number of hydrogen-bond acceptors (Lipinski definition) is 13. The number of rotatable bonds is 7. The van der Waals surface area contributed by atoms with Crippen molar-refractivity contribution in [2.75, 3.05) is 0 Å². The molecule has 16 heteroatoms. The zero-order valence-electron chi connectivity index (χ0n) is 34.4. The zero-order chi connectivity index (χ0) is 42.9. The average Bonchev–Trinajstić information content (AvgIpc) is 3.13. The van der Waals surface area contributed by atoms with Gasteiger partial charge in [-0.15, -0.1) is 0 Å². The number of carbonyl (C=O) groups excluding carboxylic acids is 1. The molecule has 4 saturated carbocycles. The molecule has 0 spiro atoms. The number of hydrogen-bond donors (Lipinski definition) is 8. The number of fused-ring (bicyclic) bond motifs is 7. The Balaban J connectivity index is 1.17. The third-order valence-corrected chi connectivity index (χ3v) is 17.2. The fraction of sp³-hybridized carbons (Fsp3) is 0.857. The molecule has 2 aliphatic heterocycles. The van der Waals surface area contributed by atoms with Crippen molar-refractivity contribution in [1.82, 2.24) is 0 Å². The summed E-state index contributed by atoms with van der Waals surface area (Å²) in [6.07, 6.45) is -12.2. The Morgan fingerprint density at radius 1 is 0.690 bits per heavy atom. The Morgan fingerprint density at radius 2 is 1.28 bits per heavy atom. The van der Waals surface area contributed by atoms with E-state index in [2.05, 4.69) is 27.7 Å². The quantitative estimate of drug-likeness (QED) is 0.171. The van der Waals surface area contributed by atoms with Gasteiger partial charge in [0.15, 0.2) is 30.6 Å². The highest BCUT2D eigenvalue weighted by atomic mass is 16.8. The maximum absolute atomic E-state index is 14.8. The van der Waals surface area contributed by atoms with Crippen molar-refractivity contribution in [2.24, 2.45) is 50.2 Å². The second-order valence-corrected chi connectivity index (χ2v) is 20.6. The van der Waals surface area contributed by atoms with Gasteiger partial charge in [-0.25, -0.2) is 9.59 Å². The van der Waals surface area contributed by atoms with Crippen molar-refractivity contribution in [3.63, 3.8) is 0 Å². The first-order valence-corrected chi connectivity index (χ1v) is 20.7. The molecule has 0 radical (unpaired) electrons. The Kier molecular flexibility index (Phi) is 10.7. The minimum Gasteiger partial charge on any atom is -0.481 e. The highest BCUT2D eigenvalue weighted by molar-refractivity contribution is 5.95. The summed E-state index contributed by atoms with van der Waals surface area (Å²) in [6.45, 7) is 14.8. The molecule has 0 aromatic carbocycles. The van der Waals surface area contributed by atoms with Gasteiger partial charge in [0, 0.05) is 5.92 Å². The molecule has 2 saturated heterocycles. The van der Waals surface area contributed by atoms with Crippen LogP contribution in [-0.4, -0.2) is 132 Å². The predicted molar refractivity (Wildman–Crippen MR) is 199 cm³/mol. The molecular formula is C42H62O16. The maximum atomic E-state index is 14.8. The molecule has 0 aromatic rings. The maximum Gasteiger partial charge on any atom is 0.335 e. The molecular weight excluding hydrogens is 760 g/mol. The van der Waals surface area contributed by atoms with Crippen LogP contribution in [0.2, 0.25) is 0 Å². The number of allylic oxidation sites excluding steroid dienone is 2. The van der Waals surface area contributed by atoms with Crippen LogP contribution in [0.3, 0.4) is 0 Å². The van der Waals surface area contributed by atoms with Gasteiger partial charge in [-0.2, -0.15) is 0 Å². The van der Waals surface area contributed by atoms with Gasteiger partial charge in [0.2, 0.25) is 0 Å². The lowest BCUT2D eigenvalue weighted by atomic mass is 9.33. The lowest BCUT2D eigenvalue weighted by Gasteiger charge is -2.70. The minimum atomic E-state index is -2.05. The fourth-order valence-electron chi connectivity index (χ4n) is 13.4. The zero-order valence-corrected chi connectivity index (χ0v) is 34.4. The summed E-state index contributed by atoms with van der Waals surface area (Å²) >= 11 is 0. The van der Waals surface area contributed by atoms with Crippen molar-refractivity contribution in [2.45, 2.75) is 174 Å². The summed E-state index contributed by atoms with van der Waals surface area (Å²) in [7, 11) is 0. The SMILES string of the molecule is CC1(C)C2CC[C@]3(C)C(C(=O)C=C4C5C[C@](C)(C(=O)O)CC[C@]5(C)CCC43C)[C@@]2(C)CC[C@@H]1O[C@@H]1O[C@H](C(=O)O)[C@@H](O)[C@H](O)[C@H]1O[C@@H]1O[C@H](C(=O)O)[C@@H](O)[C@H](O)[C@H]1O. The molecule has 326 valence electrons. The molecule has 58 heavy (non-hydrogen) atoms. The summed E-state index contributed by atoms with van der Waals surface area (Å²) in [5.41, 5.74) is -1.81. The molecule has 0 amide bonds. The van der Waals surface area contributed by atoms with Gasteiger partial charge in [-0.3, -0.25) is 9.59 Å². The van der Waals surface area contributed by atoms with Crippen LogP contribution in [0.4, 0.5) is 0 Å². The molecule has 5 aliphatic carbocycles. The molecule has 6 fully saturated rings. The number of aliphatic hydroxyl groups excluding tert-OH is 5. The van der Waals surface area contributed by atoms with Crippen molar-refractivity contribution in [1.29, 1.82) is 0 Å². The Morgan fingerprint density at radius 3 is 1.88 bits per heavy atom. The molecule has 4 unspecified atom stereocenters. The predicted octanol–water partition coefficient (Wildman–Crippen LogP) is 2.25. The lowest BCUT2D eigenvalue weighted by molar-refractivity contribution is -0.371. The van der Waals surface area contributed by atoms with Crippen molar-refractivity contribution < 1.29 is 79.0 Å². The normalized spacial score (nSPS) is 52.6. The Hall–Kier alpha value is -2.54. The van der Waals surface area contributed by atoms with E-state index < -0.39 is 107 Å². The first-order valence-electron chi connectivity index (χ1n) is 20.7. The molecule has 8 N–H and O–H groups in total. The number of ketones is 1. The smallest absolute Gasteiger partial charge is 0.335 e. The number of aliphatic carboxylic acids is 3. The third-order valence-electron chi connectivity index (χ3n) is 17.2. The second kappa shape index (κ2) is 14.3. The topological polar surface area (TPSA) is 267 Å². The van der Waals surface area contributed by atoms with E-state index in [0.717, 1.165) is 37.7 Å². The Labute approximate surface area is 337 Å². The summed E-state index contributed by atoms with van der Waals surface area (Å²) < 4.78 is 23.4. The first-order chi connectivity index (χ1) is 26.8. The van der Waals surface area contributed by atoms with Crippen LogP contribution in [0.15, 0.2) is 11.6 Å². The van der Waals surface area contributed by atoms with E-state index in [4.69, 9.17) is 18.9 Å². The lowest BCUT2D eigenvalue weighted by Crippen LogP contribution is -2.68. The van der Waals surface area contributed by atoms with Gasteiger partial charge in [0.1, 0.15) is 36.6 Å². The van der Waals surface area contributed by atoms with Gasteiger partial charge >= 0.3 is 17.9 Å². The molecule has 2 heterocycles. The van der Waals surface area contributed by atoms with Gasteiger partial charge in [-0.1, -0.05) is 47.1 Å². The average molecular weight is 823 g/mol. The second-order valence-electron chi connectivity index (χ2n) is 20.6. The molecule has 16 nitrogen and oxygen atoms in total. The largest absolute Gasteiger partial charge is 0.481 e. The minimum absolute atomic E-state index is 0.0217. The summed E-state index contributed by atoms with van der Waals surface area (Å²) in [4.78, 5) is 51.3. The van der Waals surface area contributed by atoms with Gasteiger partial charge in [0.05, 0.1) is 11.5 Å². The first kappa shape index (κ1) is 43.5. The number of carboxylic acids is 3. The molecule has 7 rings (SSSR count). The van der Waals surface area contributed by atoms with Crippen LogP contribution in [0.25, 0.3) is 0 Å². The molecule has 0 bridgehead atoms. The van der Waals surface area contributed by atoms with Gasteiger partial charge in [-0.05, 0) is 110 Å². The van der Waals surface area contributed by atoms with E-state index in [9.17, 15) is 60.0 Å². The molecule has 0 aromatic heterocycles. The monoisotopic (exact) mass is 822 g/mol.